The Kier molecular flexibility index (Phi) is 4.50. The van der Waals surface area contributed by atoms with Gasteiger partial charge < -0.3 is 4.74 Å². The minimum Gasteiger partial charge on any atom is -0.497 e. The van der Waals surface area contributed by atoms with E-state index in [0.29, 0.717) is 11.4 Å². The lowest BCUT2D eigenvalue weighted by Gasteiger charge is -2.26. The summed E-state index contributed by atoms with van der Waals surface area (Å²) < 4.78 is 5.93. The predicted molar refractivity (Wildman–Crippen MR) is 94.0 cm³/mol. The number of benzene rings is 1. The molecule has 1 fully saturated rings. The van der Waals surface area contributed by atoms with Gasteiger partial charge >= 0.3 is 6.03 Å². The third-order valence-electron chi connectivity index (χ3n) is 3.31. The molecule has 0 aliphatic carbocycles. The lowest BCUT2D eigenvalue weighted by atomic mass is 10.1. The van der Waals surface area contributed by atoms with E-state index in [9.17, 15) is 14.4 Å². The van der Waals surface area contributed by atoms with Crippen LogP contribution in [0.1, 0.15) is 4.88 Å². The van der Waals surface area contributed by atoms with Crippen LogP contribution in [0.4, 0.5) is 10.5 Å². The predicted octanol–water partition coefficient (Wildman–Crippen LogP) is 3.19. The van der Waals surface area contributed by atoms with Crippen LogP contribution in [0, 0.1) is 0 Å². The molecule has 1 aliphatic heterocycles. The molecule has 6 nitrogen and oxygen atoms in total. The second kappa shape index (κ2) is 6.58. The van der Waals surface area contributed by atoms with Crippen LogP contribution in [-0.2, 0) is 9.59 Å². The summed E-state index contributed by atoms with van der Waals surface area (Å²) in [7, 11) is 1.52. The van der Waals surface area contributed by atoms with Gasteiger partial charge in [0.15, 0.2) is 0 Å². The van der Waals surface area contributed by atoms with E-state index in [0.717, 1.165) is 13.6 Å². The second-order valence-corrected chi connectivity index (χ2v) is 7.29. The number of ether oxygens (including phenoxy) is 1. The molecule has 8 heteroatoms. The van der Waals surface area contributed by atoms with Crippen molar-refractivity contribution in [3.05, 3.63) is 50.6 Å². The van der Waals surface area contributed by atoms with Crippen molar-refractivity contribution in [3.63, 3.8) is 0 Å². The maximum Gasteiger partial charge on any atom is 0.335 e. The van der Waals surface area contributed by atoms with Crippen LogP contribution in [0.2, 0.25) is 0 Å². The third-order valence-corrected chi connectivity index (χ3v) is 4.88. The topological polar surface area (TPSA) is 75.7 Å². The van der Waals surface area contributed by atoms with Gasteiger partial charge in [0.05, 0.1) is 16.6 Å². The van der Waals surface area contributed by atoms with E-state index in [4.69, 9.17) is 4.74 Å². The molecule has 2 aromatic rings. The molecule has 1 saturated heterocycles. The fourth-order valence-corrected chi connectivity index (χ4v) is 3.54. The molecule has 122 valence electrons. The number of urea groups is 1. The van der Waals surface area contributed by atoms with E-state index in [1.807, 2.05) is 6.07 Å². The molecular formula is C16H11BrN2O4S. The molecular weight excluding hydrogens is 396 g/mol. The highest BCUT2D eigenvalue weighted by molar-refractivity contribution is 9.11. The number of anilines is 1. The Morgan fingerprint density at radius 1 is 1.12 bits per heavy atom. The smallest absolute Gasteiger partial charge is 0.335 e. The van der Waals surface area contributed by atoms with E-state index in [1.54, 1.807) is 30.3 Å². The number of thiophene rings is 1. The van der Waals surface area contributed by atoms with Crippen LogP contribution in [0.3, 0.4) is 0 Å². The van der Waals surface area contributed by atoms with Crippen molar-refractivity contribution < 1.29 is 19.1 Å². The lowest BCUT2D eigenvalue weighted by molar-refractivity contribution is -0.122. The molecule has 4 amide bonds. The summed E-state index contributed by atoms with van der Waals surface area (Å²) in [6.45, 7) is 0. The molecule has 24 heavy (non-hydrogen) atoms. The highest BCUT2D eigenvalue weighted by Crippen LogP contribution is 2.27. The third kappa shape index (κ3) is 3.10. The molecule has 0 radical (unpaired) electrons. The van der Waals surface area contributed by atoms with Crippen LogP contribution >= 0.6 is 27.3 Å². The molecule has 0 saturated carbocycles. The Balaban J connectivity index is 1.97. The Morgan fingerprint density at radius 3 is 2.42 bits per heavy atom. The number of carbonyl (C=O) groups is 3. The zero-order valence-electron chi connectivity index (χ0n) is 12.4. The molecule has 1 N–H and O–H groups in total. The van der Waals surface area contributed by atoms with Gasteiger partial charge in [0.1, 0.15) is 11.3 Å². The standard InChI is InChI=1S/C16H11BrN2O4S/c1-23-10-4-2-9(3-5-10)19-15(21)12(14(20)18-16(19)22)8-11-6-7-13(17)24-11/h2-8H,1H3,(H,18,20,22)/b12-8-. The van der Waals surface area contributed by atoms with Gasteiger partial charge in [0, 0.05) is 4.88 Å². The maximum absolute atomic E-state index is 12.7. The SMILES string of the molecule is COc1ccc(N2C(=O)NC(=O)/C(=C/c3ccc(Br)s3)C2=O)cc1. The number of barbiturate groups is 1. The lowest BCUT2D eigenvalue weighted by Crippen LogP contribution is -2.54. The summed E-state index contributed by atoms with van der Waals surface area (Å²) >= 11 is 4.70. The summed E-state index contributed by atoms with van der Waals surface area (Å²) in [4.78, 5) is 38.4. The number of amides is 4. The van der Waals surface area contributed by atoms with Gasteiger partial charge in [-0.25, -0.2) is 9.69 Å². The zero-order valence-corrected chi connectivity index (χ0v) is 14.8. The number of rotatable bonds is 3. The molecule has 3 rings (SSSR count). The Bertz CT molecular complexity index is 857. The van der Waals surface area contributed by atoms with Crippen molar-refractivity contribution in [2.75, 3.05) is 12.0 Å². The number of hydrogen-bond donors (Lipinski definition) is 1. The molecule has 1 aliphatic rings. The number of halogens is 1. The molecule has 1 aromatic carbocycles. The fraction of sp³-hybridized carbons (Fsp3) is 0.0625. The van der Waals surface area contributed by atoms with Crippen molar-refractivity contribution >= 4 is 56.9 Å². The van der Waals surface area contributed by atoms with E-state index in [1.165, 1.54) is 24.5 Å². The van der Waals surface area contributed by atoms with Crippen LogP contribution < -0.4 is 15.0 Å². The minimum absolute atomic E-state index is 0.0974. The molecule has 0 spiro atoms. The Morgan fingerprint density at radius 2 is 1.83 bits per heavy atom. The summed E-state index contributed by atoms with van der Waals surface area (Å²) in [6, 6.07) is 9.22. The first-order valence-electron chi connectivity index (χ1n) is 6.80. The van der Waals surface area contributed by atoms with Gasteiger partial charge in [-0.05, 0) is 58.4 Å². The quantitative estimate of drug-likeness (QED) is 0.627. The van der Waals surface area contributed by atoms with E-state index < -0.39 is 17.8 Å². The minimum atomic E-state index is -0.778. The molecule has 2 heterocycles. The highest BCUT2D eigenvalue weighted by atomic mass is 79.9. The van der Waals surface area contributed by atoms with Gasteiger partial charge in [-0.15, -0.1) is 11.3 Å². The van der Waals surface area contributed by atoms with Crippen LogP contribution in [-0.4, -0.2) is 25.0 Å². The van der Waals surface area contributed by atoms with Gasteiger partial charge in [0.2, 0.25) is 0 Å². The first-order chi connectivity index (χ1) is 11.5. The van der Waals surface area contributed by atoms with Crippen molar-refractivity contribution in [1.82, 2.24) is 5.32 Å². The molecule has 1 aromatic heterocycles. The summed E-state index contributed by atoms with van der Waals surface area (Å²) in [5.41, 5.74) is 0.254. The molecule has 0 unspecified atom stereocenters. The first kappa shape index (κ1) is 16.4. The molecule has 0 atom stereocenters. The van der Waals surface area contributed by atoms with Crippen LogP contribution in [0.5, 0.6) is 5.75 Å². The van der Waals surface area contributed by atoms with Crippen molar-refractivity contribution in [2.45, 2.75) is 0 Å². The van der Waals surface area contributed by atoms with E-state index in [2.05, 4.69) is 21.2 Å². The number of hydrogen-bond acceptors (Lipinski definition) is 5. The number of nitrogens with one attached hydrogen (secondary N) is 1. The van der Waals surface area contributed by atoms with Gasteiger partial charge in [-0.1, -0.05) is 0 Å². The summed E-state index contributed by atoms with van der Waals surface area (Å²) in [5.74, 6) is -0.781. The van der Waals surface area contributed by atoms with Crippen LogP contribution in [0.25, 0.3) is 6.08 Å². The number of carbonyl (C=O) groups excluding carboxylic acids is 3. The monoisotopic (exact) mass is 406 g/mol. The average molecular weight is 407 g/mol. The summed E-state index contributed by atoms with van der Waals surface area (Å²) in [6.07, 6.45) is 1.47. The van der Waals surface area contributed by atoms with Gasteiger partial charge in [-0.2, -0.15) is 0 Å². The van der Waals surface area contributed by atoms with E-state index in [-0.39, 0.29) is 5.57 Å². The average Bonchev–Trinajstić information content (AvgIpc) is 2.97. The normalized spacial score (nSPS) is 16.5. The van der Waals surface area contributed by atoms with Gasteiger partial charge in [0.25, 0.3) is 11.8 Å². The van der Waals surface area contributed by atoms with Crippen LogP contribution in [0.15, 0.2) is 45.8 Å². The largest absolute Gasteiger partial charge is 0.497 e. The van der Waals surface area contributed by atoms with Gasteiger partial charge in [-0.3, -0.25) is 14.9 Å². The summed E-state index contributed by atoms with van der Waals surface area (Å²) in [5, 5.41) is 2.18. The Hall–Kier alpha value is -2.45. The Labute approximate surface area is 149 Å². The molecule has 0 bridgehead atoms. The van der Waals surface area contributed by atoms with Crippen molar-refractivity contribution in [3.8, 4) is 5.75 Å². The van der Waals surface area contributed by atoms with Crippen molar-refractivity contribution in [1.29, 1.82) is 0 Å². The maximum atomic E-state index is 12.7. The fourth-order valence-electron chi connectivity index (χ4n) is 2.17. The number of imide groups is 2. The number of nitrogens with zero attached hydrogens (tertiary/aromatic N) is 1. The zero-order chi connectivity index (χ0) is 17.3. The second-order valence-electron chi connectivity index (χ2n) is 4.80. The van der Waals surface area contributed by atoms with Crippen molar-refractivity contribution in [2.24, 2.45) is 0 Å². The first-order valence-corrected chi connectivity index (χ1v) is 8.41. The van der Waals surface area contributed by atoms with E-state index >= 15 is 0 Å². The highest BCUT2D eigenvalue weighted by Gasteiger charge is 2.36. The number of methoxy groups -OCH3 is 1.